The number of anilines is 2. The molecule has 2 heterocycles. The van der Waals surface area contributed by atoms with E-state index in [4.69, 9.17) is 4.74 Å². The van der Waals surface area contributed by atoms with E-state index in [1.54, 1.807) is 0 Å². The molecule has 0 radical (unpaired) electrons. The molecule has 0 aromatic heterocycles. The number of urea groups is 1. The van der Waals surface area contributed by atoms with Crippen molar-refractivity contribution in [2.24, 2.45) is 0 Å². The lowest BCUT2D eigenvalue weighted by Gasteiger charge is -2.30. The van der Waals surface area contributed by atoms with Gasteiger partial charge in [0.15, 0.2) is 0 Å². The van der Waals surface area contributed by atoms with Gasteiger partial charge < -0.3 is 20.3 Å². The number of ether oxygens (including phenoxy) is 1. The zero-order chi connectivity index (χ0) is 16.9. The summed E-state index contributed by atoms with van der Waals surface area (Å²) < 4.78 is 5.41. The monoisotopic (exact) mass is 332 g/mol. The van der Waals surface area contributed by atoms with E-state index in [1.807, 2.05) is 18.2 Å². The molecule has 1 aromatic carbocycles. The highest BCUT2D eigenvalue weighted by Gasteiger charge is 2.25. The van der Waals surface area contributed by atoms with E-state index in [2.05, 4.69) is 40.3 Å². The average molecular weight is 332 g/mol. The number of morpholine rings is 1. The Morgan fingerprint density at radius 2 is 1.96 bits per heavy atom. The SMILES string of the molecule is CC(C)N1CC[C@H](NC(=O)Nc2ccccc2N2CCOCC2)C1. The van der Waals surface area contributed by atoms with Crippen LogP contribution in [0, 0.1) is 0 Å². The lowest BCUT2D eigenvalue weighted by molar-refractivity contribution is 0.123. The first kappa shape index (κ1) is 17.0. The minimum atomic E-state index is -0.119. The van der Waals surface area contributed by atoms with Crippen LogP contribution in [-0.2, 0) is 4.74 Å². The minimum Gasteiger partial charge on any atom is -0.378 e. The molecule has 0 saturated carbocycles. The molecule has 24 heavy (non-hydrogen) atoms. The van der Waals surface area contributed by atoms with Gasteiger partial charge in [0, 0.05) is 38.3 Å². The maximum atomic E-state index is 12.4. The number of hydrogen-bond donors (Lipinski definition) is 2. The second-order valence-corrected chi connectivity index (χ2v) is 6.79. The summed E-state index contributed by atoms with van der Waals surface area (Å²) in [6, 6.07) is 8.61. The molecule has 0 aliphatic carbocycles. The number of nitrogens with zero attached hydrogens (tertiary/aromatic N) is 2. The molecule has 1 atom stereocenters. The van der Waals surface area contributed by atoms with Crippen molar-refractivity contribution < 1.29 is 9.53 Å². The van der Waals surface area contributed by atoms with Crippen molar-refractivity contribution in [3.05, 3.63) is 24.3 Å². The summed E-state index contributed by atoms with van der Waals surface area (Å²) in [5.74, 6) is 0. The normalized spacial score (nSPS) is 22.0. The van der Waals surface area contributed by atoms with Crippen LogP contribution in [0.15, 0.2) is 24.3 Å². The predicted octanol–water partition coefficient (Wildman–Crippen LogP) is 2.13. The van der Waals surface area contributed by atoms with Gasteiger partial charge in [-0.2, -0.15) is 0 Å². The van der Waals surface area contributed by atoms with Gasteiger partial charge in [0.25, 0.3) is 0 Å². The van der Waals surface area contributed by atoms with Crippen molar-refractivity contribution in [3.8, 4) is 0 Å². The fraction of sp³-hybridized carbons (Fsp3) is 0.611. The highest BCUT2D eigenvalue weighted by Crippen LogP contribution is 2.26. The summed E-state index contributed by atoms with van der Waals surface area (Å²) in [4.78, 5) is 17.1. The molecule has 6 nitrogen and oxygen atoms in total. The standard InChI is InChI=1S/C18H28N4O2/c1-14(2)22-8-7-15(13-22)19-18(23)20-16-5-3-4-6-17(16)21-9-11-24-12-10-21/h3-6,14-15H,7-13H2,1-2H3,(H2,19,20,23)/t15-/m0/s1. The molecule has 2 aliphatic rings. The maximum Gasteiger partial charge on any atom is 0.319 e. The number of carbonyl (C=O) groups excluding carboxylic acids is 1. The minimum absolute atomic E-state index is 0.119. The van der Waals surface area contributed by atoms with Crippen LogP contribution in [0.2, 0.25) is 0 Å². The third-order valence-corrected chi connectivity index (χ3v) is 4.79. The summed E-state index contributed by atoms with van der Waals surface area (Å²) in [6.07, 6.45) is 1.01. The summed E-state index contributed by atoms with van der Waals surface area (Å²) in [5, 5.41) is 6.14. The topological polar surface area (TPSA) is 56.8 Å². The van der Waals surface area contributed by atoms with E-state index in [-0.39, 0.29) is 12.1 Å². The third kappa shape index (κ3) is 4.19. The number of para-hydroxylation sites is 2. The summed E-state index contributed by atoms with van der Waals surface area (Å²) in [7, 11) is 0. The largest absolute Gasteiger partial charge is 0.378 e. The zero-order valence-electron chi connectivity index (χ0n) is 14.6. The average Bonchev–Trinajstić information content (AvgIpc) is 3.05. The van der Waals surface area contributed by atoms with E-state index < -0.39 is 0 Å². The molecule has 2 fully saturated rings. The van der Waals surface area contributed by atoms with Crippen molar-refractivity contribution in [1.29, 1.82) is 0 Å². The van der Waals surface area contributed by atoms with Gasteiger partial charge in [0.1, 0.15) is 0 Å². The number of carbonyl (C=O) groups is 1. The zero-order valence-corrected chi connectivity index (χ0v) is 14.6. The Labute approximate surface area is 144 Å². The smallest absolute Gasteiger partial charge is 0.319 e. The Morgan fingerprint density at radius 1 is 1.21 bits per heavy atom. The van der Waals surface area contributed by atoms with Crippen molar-refractivity contribution in [2.75, 3.05) is 49.6 Å². The van der Waals surface area contributed by atoms with Gasteiger partial charge in [-0.15, -0.1) is 0 Å². The molecule has 0 spiro atoms. The van der Waals surface area contributed by atoms with E-state index in [0.29, 0.717) is 6.04 Å². The van der Waals surface area contributed by atoms with Gasteiger partial charge in [-0.1, -0.05) is 12.1 Å². The van der Waals surface area contributed by atoms with Gasteiger partial charge in [0.2, 0.25) is 0 Å². The quantitative estimate of drug-likeness (QED) is 0.887. The molecule has 132 valence electrons. The van der Waals surface area contributed by atoms with Gasteiger partial charge in [-0.25, -0.2) is 4.79 Å². The van der Waals surface area contributed by atoms with Gasteiger partial charge in [0.05, 0.1) is 24.6 Å². The highest BCUT2D eigenvalue weighted by molar-refractivity contribution is 5.93. The fourth-order valence-corrected chi connectivity index (χ4v) is 3.38. The molecule has 0 bridgehead atoms. The second-order valence-electron chi connectivity index (χ2n) is 6.79. The molecule has 6 heteroatoms. The molecule has 3 rings (SSSR count). The summed E-state index contributed by atoms with van der Waals surface area (Å²) in [5.41, 5.74) is 1.92. The molecule has 2 saturated heterocycles. The molecule has 0 unspecified atom stereocenters. The lowest BCUT2D eigenvalue weighted by atomic mass is 10.2. The molecule has 2 N–H and O–H groups in total. The summed E-state index contributed by atoms with van der Waals surface area (Å²) in [6.45, 7) is 9.53. The Balaban J connectivity index is 1.58. The Kier molecular flexibility index (Phi) is 5.58. The number of hydrogen-bond acceptors (Lipinski definition) is 4. The van der Waals surface area contributed by atoms with Crippen molar-refractivity contribution in [2.45, 2.75) is 32.4 Å². The van der Waals surface area contributed by atoms with Gasteiger partial charge in [-0.3, -0.25) is 4.90 Å². The molecular weight excluding hydrogens is 304 g/mol. The predicted molar refractivity (Wildman–Crippen MR) is 96.7 cm³/mol. The van der Waals surface area contributed by atoms with E-state index in [9.17, 15) is 4.79 Å². The lowest BCUT2D eigenvalue weighted by Crippen LogP contribution is -2.41. The Hall–Kier alpha value is -1.79. The van der Waals surface area contributed by atoms with Crippen LogP contribution in [0.5, 0.6) is 0 Å². The number of likely N-dealkylation sites (tertiary alicyclic amines) is 1. The molecule has 1 aromatic rings. The van der Waals surface area contributed by atoms with Crippen molar-refractivity contribution >= 4 is 17.4 Å². The molecule has 2 amide bonds. The van der Waals surface area contributed by atoms with Crippen LogP contribution < -0.4 is 15.5 Å². The third-order valence-electron chi connectivity index (χ3n) is 4.79. The highest BCUT2D eigenvalue weighted by atomic mass is 16.5. The van der Waals surface area contributed by atoms with Crippen molar-refractivity contribution in [3.63, 3.8) is 0 Å². The van der Waals surface area contributed by atoms with E-state index in [0.717, 1.165) is 57.2 Å². The number of rotatable bonds is 4. The van der Waals surface area contributed by atoms with Gasteiger partial charge >= 0.3 is 6.03 Å². The van der Waals surface area contributed by atoms with Crippen LogP contribution in [0.25, 0.3) is 0 Å². The maximum absolute atomic E-state index is 12.4. The second kappa shape index (κ2) is 7.85. The van der Waals surface area contributed by atoms with Crippen LogP contribution in [0.4, 0.5) is 16.2 Å². The number of benzene rings is 1. The van der Waals surface area contributed by atoms with E-state index >= 15 is 0 Å². The number of nitrogens with one attached hydrogen (secondary N) is 2. The van der Waals surface area contributed by atoms with Gasteiger partial charge in [-0.05, 0) is 32.4 Å². The van der Waals surface area contributed by atoms with Crippen LogP contribution in [-0.4, -0.2) is 62.4 Å². The van der Waals surface area contributed by atoms with E-state index in [1.165, 1.54) is 0 Å². The Morgan fingerprint density at radius 3 is 2.67 bits per heavy atom. The van der Waals surface area contributed by atoms with Crippen LogP contribution >= 0.6 is 0 Å². The molecular formula is C18H28N4O2. The van der Waals surface area contributed by atoms with Crippen LogP contribution in [0.1, 0.15) is 20.3 Å². The van der Waals surface area contributed by atoms with Crippen molar-refractivity contribution in [1.82, 2.24) is 10.2 Å². The first-order valence-electron chi connectivity index (χ1n) is 8.87. The first-order chi connectivity index (χ1) is 11.6. The number of amides is 2. The fourth-order valence-electron chi connectivity index (χ4n) is 3.38. The molecule has 2 aliphatic heterocycles. The van der Waals surface area contributed by atoms with Crippen LogP contribution in [0.3, 0.4) is 0 Å². The Bertz CT molecular complexity index is 558. The summed E-state index contributed by atoms with van der Waals surface area (Å²) >= 11 is 0. The first-order valence-corrected chi connectivity index (χ1v) is 8.87.